The van der Waals surface area contributed by atoms with E-state index in [4.69, 9.17) is 5.26 Å². The van der Waals surface area contributed by atoms with E-state index in [0.717, 1.165) is 23.5 Å². The lowest BCUT2D eigenvalue weighted by Crippen LogP contribution is -2.29. The SMILES string of the molecule is N#Cc1ccc(Nc2ccc(C(=O)N3CCc4ccccc43)nc2)cc1. The third kappa shape index (κ3) is 3.01. The summed E-state index contributed by atoms with van der Waals surface area (Å²) in [5.41, 5.74) is 4.85. The van der Waals surface area contributed by atoms with Gasteiger partial charge in [0.1, 0.15) is 5.69 Å². The van der Waals surface area contributed by atoms with Gasteiger partial charge in [-0.15, -0.1) is 0 Å². The molecule has 4 rings (SSSR count). The molecule has 3 aromatic rings. The number of nitriles is 1. The number of anilines is 3. The predicted molar refractivity (Wildman–Crippen MR) is 100 cm³/mol. The summed E-state index contributed by atoms with van der Waals surface area (Å²) >= 11 is 0. The quantitative estimate of drug-likeness (QED) is 0.785. The molecule has 2 heterocycles. The van der Waals surface area contributed by atoms with E-state index in [9.17, 15) is 4.79 Å². The Labute approximate surface area is 151 Å². The maximum absolute atomic E-state index is 12.8. The second-order valence-electron chi connectivity index (χ2n) is 6.08. The average Bonchev–Trinajstić information content (AvgIpc) is 3.13. The fraction of sp³-hybridized carbons (Fsp3) is 0.0952. The number of amides is 1. The normalized spacial score (nSPS) is 12.3. The molecule has 0 saturated heterocycles. The average molecular weight is 340 g/mol. The lowest BCUT2D eigenvalue weighted by molar-refractivity contribution is 0.0984. The van der Waals surface area contributed by atoms with Gasteiger partial charge in [0.05, 0.1) is 23.5 Å². The fourth-order valence-corrected chi connectivity index (χ4v) is 3.08. The number of nitrogens with zero attached hydrogens (tertiary/aromatic N) is 3. The molecule has 5 nitrogen and oxygen atoms in total. The molecule has 0 radical (unpaired) electrons. The molecule has 126 valence electrons. The molecule has 0 spiro atoms. The van der Waals surface area contributed by atoms with Gasteiger partial charge >= 0.3 is 0 Å². The Hall–Kier alpha value is -3.65. The van der Waals surface area contributed by atoms with Crippen molar-refractivity contribution in [3.8, 4) is 6.07 Å². The smallest absolute Gasteiger partial charge is 0.276 e. The van der Waals surface area contributed by atoms with Crippen molar-refractivity contribution in [1.82, 2.24) is 4.98 Å². The molecule has 26 heavy (non-hydrogen) atoms. The van der Waals surface area contributed by atoms with E-state index in [2.05, 4.69) is 22.4 Å². The van der Waals surface area contributed by atoms with Crippen molar-refractivity contribution in [2.24, 2.45) is 0 Å². The molecule has 0 bridgehead atoms. The second-order valence-corrected chi connectivity index (χ2v) is 6.08. The molecule has 0 saturated carbocycles. The number of carbonyl (C=O) groups is 1. The van der Waals surface area contributed by atoms with Gasteiger partial charge in [0, 0.05) is 17.9 Å². The highest BCUT2D eigenvalue weighted by molar-refractivity contribution is 6.06. The van der Waals surface area contributed by atoms with Gasteiger partial charge in [-0.25, -0.2) is 4.98 Å². The summed E-state index contributed by atoms with van der Waals surface area (Å²) in [5.74, 6) is -0.0835. The summed E-state index contributed by atoms with van der Waals surface area (Å²) < 4.78 is 0. The van der Waals surface area contributed by atoms with Crippen LogP contribution in [0.4, 0.5) is 17.1 Å². The van der Waals surface area contributed by atoms with Crippen LogP contribution in [0.25, 0.3) is 0 Å². The fourth-order valence-electron chi connectivity index (χ4n) is 3.08. The van der Waals surface area contributed by atoms with Crippen LogP contribution >= 0.6 is 0 Å². The first-order chi connectivity index (χ1) is 12.7. The van der Waals surface area contributed by atoms with Crippen LogP contribution < -0.4 is 10.2 Å². The number of hydrogen-bond donors (Lipinski definition) is 1. The van der Waals surface area contributed by atoms with Gasteiger partial charge in [-0.2, -0.15) is 5.26 Å². The van der Waals surface area contributed by atoms with E-state index in [1.807, 2.05) is 36.4 Å². The van der Waals surface area contributed by atoms with Crippen molar-refractivity contribution < 1.29 is 4.79 Å². The Bertz CT molecular complexity index is 988. The standard InChI is InChI=1S/C21H16N4O/c22-13-15-5-7-17(8-6-15)24-18-9-10-19(23-14-18)21(26)25-12-11-16-3-1-2-4-20(16)25/h1-10,14,24H,11-12H2. The minimum atomic E-state index is -0.0835. The lowest BCUT2D eigenvalue weighted by atomic mass is 10.2. The minimum absolute atomic E-state index is 0.0835. The summed E-state index contributed by atoms with van der Waals surface area (Å²) in [4.78, 5) is 18.9. The van der Waals surface area contributed by atoms with Gasteiger partial charge in [0.15, 0.2) is 0 Å². The molecule has 0 fully saturated rings. The van der Waals surface area contributed by atoms with Gasteiger partial charge in [0.2, 0.25) is 0 Å². The van der Waals surface area contributed by atoms with E-state index in [0.29, 0.717) is 17.8 Å². The molecule has 1 aromatic heterocycles. The zero-order chi connectivity index (χ0) is 17.9. The lowest BCUT2D eigenvalue weighted by Gasteiger charge is -2.17. The molecule has 0 unspecified atom stereocenters. The Morgan fingerprint density at radius 1 is 1.04 bits per heavy atom. The first kappa shape index (κ1) is 15.9. The molecule has 1 N–H and O–H groups in total. The number of para-hydroxylation sites is 1. The third-order valence-electron chi connectivity index (χ3n) is 4.42. The van der Waals surface area contributed by atoms with Crippen molar-refractivity contribution in [3.05, 3.63) is 83.7 Å². The molecule has 5 heteroatoms. The van der Waals surface area contributed by atoms with Crippen LogP contribution in [-0.2, 0) is 6.42 Å². The van der Waals surface area contributed by atoms with Crippen LogP contribution in [0.1, 0.15) is 21.6 Å². The summed E-state index contributed by atoms with van der Waals surface area (Å²) in [6.45, 7) is 0.686. The molecule has 1 aliphatic rings. The predicted octanol–water partition coefficient (Wildman–Crippen LogP) is 3.90. The zero-order valence-electron chi connectivity index (χ0n) is 14.0. The first-order valence-electron chi connectivity index (χ1n) is 8.37. The largest absolute Gasteiger partial charge is 0.354 e. The van der Waals surface area contributed by atoms with Crippen LogP contribution in [0.15, 0.2) is 66.9 Å². The summed E-state index contributed by atoms with van der Waals surface area (Å²) in [5, 5.41) is 12.0. The maximum atomic E-state index is 12.8. The number of hydrogen-bond acceptors (Lipinski definition) is 4. The van der Waals surface area contributed by atoms with Crippen LogP contribution in [0.2, 0.25) is 0 Å². The highest BCUT2D eigenvalue weighted by Crippen LogP contribution is 2.28. The van der Waals surface area contributed by atoms with Crippen molar-refractivity contribution >= 4 is 23.0 Å². The van der Waals surface area contributed by atoms with E-state index in [1.165, 1.54) is 5.56 Å². The molecule has 1 aliphatic heterocycles. The van der Waals surface area contributed by atoms with Crippen molar-refractivity contribution in [1.29, 1.82) is 5.26 Å². The topological polar surface area (TPSA) is 69.0 Å². The van der Waals surface area contributed by atoms with Crippen molar-refractivity contribution in [2.45, 2.75) is 6.42 Å². The van der Waals surface area contributed by atoms with Crippen molar-refractivity contribution in [2.75, 3.05) is 16.8 Å². The summed E-state index contributed by atoms with van der Waals surface area (Å²) in [7, 11) is 0. The van der Waals surface area contributed by atoms with E-state index in [1.54, 1.807) is 29.3 Å². The van der Waals surface area contributed by atoms with Gasteiger partial charge in [-0.1, -0.05) is 18.2 Å². The van der Waals surface area contributed by atoms with E-state index < -0.39 is 0 Å². The number of fused-ring (bicyclic) bond motifs is 1. The number of pyridine rings is 1. The van der Waals surface area contributed by atoms with Gasteiger partial charge in [-0.3, -0.25) is 4.79 Å². The highest BCUT2D eigenvalue weighted by Gasteiger charge is 2.25. The van der Waals surface area contributed by atoms with Crippen LogP contribution in [0, 0.1) is 11.3 Å². The Balaban J connectivity index is 1.49. The molecular formula is C21H16N4O. The number of aromatic nitrogens is 1. The summed E-state index contributed by atoms with van der Waals surface area (Å²) in [6, 6.07) is 20.8. The van der Waals surface area contributed by atoms with Gasteiger partial charge in [0.25, 0.3) is 5.91 Å². The third-order valence-corrected chi connectivity index (χ3v) is 4.42. The van der Waals surface area contributed by atoms with Crippen LogP contribution in [0.5, 0.6) is 0 Å². The Morgan fingerprint density at radius 3 is 2.54 bits per heavy atom. The number of carbonyl (C=O) groups excluding carboxylic acids is 1. The molecule has 1 amide bonds. The Kier molecular flexibility index (Phi) is 4.08. The second kappa shape index (κ2) is 6.69. The number of nitrogens with one attached hydrogen (secondary N) is 1. The summed E-state index contributed by atoms with van der Waals surface area (Å²) in [6.07, 6.45) is 2.52. The van der Waals surface area contributed by atoms with E-state index >= 15 is 0 Å². The number of benzene rings is 2. The van der Waals surface area contributed by atoms with Gasteiger partial charge < -0.3 is 10.2 Å². The molecule has 2 aromatic carbocycles. The monoisotopic (exact) mass is 340 g/mol. The van der Waals surface area contributed by atoms with Gasteiger partial charge in [-0.05, 0) is 54.4 Å². The molecule has 0 aliphatic carbocycles. The molecular weight excluding hydrogens is 324 g/mol. The Morgan fingerprint density at radius 2 is 1.81 bits per heavy atom. The number of rotatable bonds is 3. The maximum Gasteiger partial charge on any atom is 0.276 e. The van der Waals surface area contributed by atoms with Crippen molar-refractivity contribution in [3.63, 3.8) is 0 Å². The van der Waals surface area contributed by atoms with E-state index in [-0.39, 0.29) is 5.91 Å². The van der Waals surface area contributed by atoms with Crippen LogP contribution in [0.3, 0.4) is 0 Å². The zero-order valence-corrected chi connectivity index (χ0v) is 14.0. The van der Waals surface area contributed by atoms with Crippen LogP contribution in [-0.4, -0.2) is 17.4 Å². The highest BCUT2D eigenvalue weighted by atomic mass is 16.2. The first-order valence-corrected chi connectivity index (χ1v) is 8.37. The molecule has 0 atom stereocenters. The minimum Gasteiger partial charge on any atom is -0.354 e.